The van der Waals surface area contributed by atoms with Gasteiger partial charge in [-0.1, -0.05) is 23.7 Å². The van der Waals surface area contributed by atoms with Gasteiger partial charge >= 0.3 is 5.97 Å². The highest BCUT2D eigenvalue weighted by atomic mass is 35.5. The van der Waals surface area contributed by atoms with E-state index in [9.17, 15) is 4.79 Å². The van der Waals surface area contributed by atoms with E-state index in [0.717, 1.165) is 31.1 Å². The summed E-state index contributed by atoms with van der Waals surface area (Å²) < 4.78 is 0. The first-order valence-electron chi connectivity index (χ1n) is 6.47. The van der Waals surface area contributed by atoms with Crippen molar-refractivity contribution in [2.24, 2.45) is 5.92 Å². The lowest BCUT2D eigenvalue weighted by atomic mass is 9.99. The molecule has 0 spiro atoms. The molecule has 0 aliphatic carbocycles. The molecule has 1 heterocycles. The average molecular weight is 283 g/mol. The van der Waals surface area contributed by atoms with Crippen LogP contribution in [-0.2, 0) is 11.3 Å². The van der Waals surface area contributed by atoms with Crippen LogP contribution in [0.3, 0.4) is 0 Å². The second-order valence-electron chi connectivity index (χ2n) is 5.02. The number of nitrogens with zero attached hydrogens (tertiary/aromatic N) is 1. The van der Waals surface area contributed by atoms with Gasteiger partial charge in [0.1, 0.15) is 6.04 Å². The minimum absolute atomic E-state index is 0.168. The molecule has 4 nitrogen and oxygen atoms in total. The topological polar surface area (TPSA) is 52.6 Å². The number of likely N-dealkylation sites (N-methyl/N-ethyl adjacent to an activating group) is 1. The molecule has 104 valence electrons. The third kappa shape index (κ3) is 3.69. The Labute approximate surface area is 118 Å². The van der Waals surface area contributed by atoms with Crippen LogP contribution in [0.15, 0.2) is 24.3 Å². The van der Waals surface area contributed by atoms with Gasteiger partial charge in [0, 0.05) is 18.1 Å². The first kappa shape index (κ1) is 14.3. The number of benzene rings is 1. The van der Waals surface area contributed by atoms with E-state index in [2.05, 4.69) is 10.2 Å². The molecule has 2 unspecified atom stereocenters. The first-order valence-corrected chi connectivity index (χ1v) is 6.85. The molecule has 0 saturated carbocycles. The van der Waals surface area contributed by atoms with Gasteiger partial charge in [-0.15, -0.1) is 0 Å². The van der Waals surface area contributed by atoms with E-state index in [1.54, 1.807) is 7.05 Å². The maximum atomic E-state index is 11.1. The van der Waals surface area contributed by atoms with E-state index in [0.29, 0.717) is 0 Å². The predicted octanol–water partition coefficient (Wildman–Crippen LogP) is 1.83. The van der Waals surface area contributed by atoms with Gasteiger partial charge in [-0.2, -0.15) is 0 Å². The molecule has 0 aromatic heterocycles. The Balaban J connectivity index is 1.93. The van der Waals surface area contributed by atoms with Gasteiger partial charge in [-0.3, -0.25) is 9.69 Å². The van der Waals surface area contributed by atoms with Crippen molar-refractivity contribution in [3.8, 4) is 0 Å². The van der Waals surface area contributed by atoms with Gasteiger partial charge in [0.15, 0.2) is 0 Å². The van der Waals surface area contributed by atoms with Gasteiger partial charge in [0.2, 0.25) is 0 Å². The maximum absolute atomic E-state index is 11.1. The van der Waals surface area contributed by atoms with Crippen molar-refractivity contribution >= 4 is 17.6 Å². The normalized spacial score (nSPS) is 21.5. The van der Waals surface area contributed by atoms with Crippen molar-refractivity contribution in [2.75, 3.05) is 20.1 Å². The van der Waals surface area contributed by atoms with E-state index in [1.807, 2.05) is 24.3 Å². The van der Waals surface area contributed by atoms with Crippen LogP contribution < -0.4 is 5.32 Å². The standard InChI is InChI=1S/C14H19ClN2O2/c1-16-13(14(18)19)11-5-6-17(9-11)8-10-3-2-4-12(15)7-10/h2-4,7,11,13,16H,5-6,8-9H2,1H3,(H,18,19). The van der Waals surface area contributed by atoms with Crippen LogP contribution in [0.4, 0.5) is 0 Å². The van der Waals surface area contributed by atoms with E-state index < -0.39 is 12.0 Å². The number of rotatable bonds is 5. The van der Waals surface area contributed by atoms with Crippen molar-refractivity contribution in [1.29, 1.82) is 0 Å². The second kappa shape index (κ2) is 6.37. The van der Waals surface area contributed by atoms with Crippen LogP contribution in [0.1, 0.15) is 12.0 Å². The zero-order chi connectivity index (χ0) is 13.8. The molecule has 1 aromatic carbocycles. The van der Waals surface area contributed by atoms with Gasteiger partial charge in [-0.05, 0) is 43.6 Å². The minimum atomic E-state index is -0.767. The quantitative estimate of drug-likeness (QED) is 0.865. The molecule has 0 radical (unpaired) electrons. The lowest BCUT2D eigenvalue weighted by Crippen LogP contribution is -2.41. The summed E-state index contributed by atoms with van der Waals surface area (Å²) in [5.41, 5.74) is 1.17. The van der Waals surface area contributed by atoms with Crippen molar-refractivity contribution in [3.63, 3.8) is 0 Å². The van der Waals surface area contributed by atoms with Gasteiger partial charge < -0.3 is 10.4 Å². The highest BCUT2D eigenvalue weighted by Gasteiger charge is 2.32. The molecule has 2 rings (SSSR count). The lowest BCUT2D eigenvalue weighted by Gasteiger charge is -2.20. The summed E-state index contributed by atoms with van der Waals surface area (Å²) in [7, 11) is 1.71. The van der Waals surface area contributed by atoms with Crippen LogP contribution in [0, 0.1) is 5.92 Å². The largest absolute Gasteiger partial charge is 0.480 e. The van der Waals surface area contributed by atoms with Crippen LogP contribution >= 0.6 is 11.6 Å². The van der Waals surface area contributed by atoms with E-state index >= 15 is 0 Å². The number of aliphatic carboxylic acids is 1. The fourth-order valence-corrected chi connectivity index (χ4v) is 2.95. The summed E-state index contributed by atoms with van der Waals surface area (Å²) in [5.74, 6) is -0.598. The van der Waals surface area contributed by atoms with Gasteiger partial charge in [0.25, 0.3) is 0 Å². The number of carboxylic acids is 1. The third-order valence-corrected chi connectivity index (χ3v) is 3.89. The Kier molecular flexibility index (Phi) is 4.80. The van der Waals surface area contributed by atoms with Crippen molar-refractivity contribution < 1.29 is 9.90 Å². The summed E-state index contributed by atoms with van der Waals surface area (Å²) in [4.78, 5) is 13.4. The Morgan fingerprint density at radius 2 is 2.42 bits per heavy atom. The van der Waals surface area contributed by atoms with Crippen LogP contribution in [0.25, 0.3) is 0 Å². The van der Waals surface area contributed by atoms with Gasteiger partial charge in [-0.25, -0.2) is 0 Å². The molecular weight excluding hydrogens is 264 g/mol. The Morgan fingerprint density at radius 3 is 3.05 bits per heavy atom. The van der Waals surface area contributed by atoms with E-state index in [4.69, 9.17) is 16.7 Å². The molecular formula is C14H19ClN2O2. The fraction of sp³-hybridized carbons (Fsp3) is 0.500. The number of likely N-dealkylation sites (tertiary alicyclic amines) is 1. The lowest BCUT2D eigenvalue weighted by molar-refractivity contribution is -0.140. The van der Waals surface area contributed by atoms with E-state index in [1.165, 1.54) is 5.56 Å². The second-order valence-corrected chi connectivity index (χ2v) is 5.45. The van der Waals surface area contributed by atoms with Crippen molar-refractivity contribution in [1.82, 2.24) is 10.2 Å². The molecule has 1 saturated heterocycles. The molecule has 5 heteroatoms. The average Bonchev–Trinajstić information content (AvgIpc) is 2.78. The zero-order valence-corrected chi connectivity index (χ0v) is 11.7. The summed E-state index contributed by atoms with van der Waals surface area (Å²) in [5, 5.41) is 12.8. The summed E-state index contributed by atoms with van der Waals surface area (Å²) >= 11 is 5.97. The molecule has 2 N–H and O–H groups in total. The number of carbonyl (C=O) groups is 1. The zero-order valence-electron chi connectivity index (χ0n) is 11.0. The molecule has 1 aliphatic heterocycles. The highest BCUT2D eigenvalue weighted by molar-refractivity contribution is 6.30. The predicted molar refractivity (Wildman–Crippen MR) is 75.3 cm³/mol. The Morgan fingerprint density at radius 1 is 1.63 bits per heavy atom. The smallest absolute Gasteiger partial charge is 0.321 e. The number of hydrogen-bond donors (Lipinski definition) is 2. The summed E-state index contributed by atoms with van der Waals surface area (Å²) in [6, 6.07) is 7.36. The first-order chi connectivity index (χ1) is 9.10. The van der Waals surface area contributed by atoms with E-state index in [-0.39, 0.29) is 5.92 Å². The Hall–Kier alpha value is -1.10. The van der Waals surface area contributed by atoms with Gasteiger partial charge in [0.05, 0.1) is 0 Å². The number of nitrogens with one attached hydrogen (secondary N) is 1. The van der Waals surface area contributed by atoms with Crippen LogP contribution in [-0.4, -0.2) is 42.2 Å². The molecule has 1 aliphatic rings. The molecule has 0 amide bonds. The molecule has 2 atom stereocenters. The minimum Gasteiger partial charge on any atom is -0.480 e. The molecule has 0 bridgehead atoms. The molecule has 19 heavy (non-hydrogen) atoms. The molecule has 1 aromatic rings. The highest BCUT2D eigenvalue weighted by Crippen LogP contribution is 2.22. The summed E-state index contributed by atoms with van der Waals surface area (Å²) in [6.07, 6.45) is 0.915. The van der Waals surface area contributed by atoms with Crippen molar-refractivity contribution in [2.45, 2.75) is 19.0 Å². The fourth-order valence-electron chi connectivity index (χ4n) is 2.73. The Bertz CT molecular complexity index is 453. The number of carboxylic acid groups (broad SMARTS) is 1. The number of halogens is 1. The molecule has 1 fully saturated rings. The number of hydrogen-bond acceptors (Lipinski definition) is 3. The van der Waals surface area contributed by atoms with Crippen LogP contribution in [0.5, 0.6) is 0 Å². The maximum Gasteiger partial charge on any atom is 0.321 e. The van der Waals surface area contributed by atoms with Crippen molar-refractivity contribution in [3.05, 3.63) is 34.9 Å². The third-order valence-electron chi connectivity index (χ3n) is 3.65. The monoisotopic (exact) mass is 282 g/mol. The van der Waals surface area contributed by atoms with Crippen LogP contribution in [0.2, 0.25) is 5.02 Å². The SMILES string of the molecule is CNC(C(=O)O)C1CCN(Cc2cccc(Cl)c2)C1. The summed E-state index contributed by atoms with van der Waals surface area (Å²) in [6.45, 7) is 2.57.